The van der Waals surface area contributed by atoms with Crippen molar-refractivity contribution in [1.82, 2.24) is 0 Å². The number of hydrogen-bond donors (Lipinski definition) is 3. The summed E-state index contributed by atoms with van der Waals surface area (Å²) in [7, 11) is 0. The Morgan fingerprint density at radius 3 is 2.48 bits per heavy atom. The molecule has 3 atom stereocenters. The van der Waals surface area contributed by atoms with Gasteiger partial charge in [-0.05, 0) is 17.6 Å². The van der Waals surface area contributed by atoms with Gasteiger partial charge in [0.25, 0.3) is 0 Å². The molecule has 1 aromatic carbocycles. The van der Waals surface area contributed by atoms with Crippen molar-refractivity contribution in [1.29, 1.82) is 0 Å². The number of rotatable bonds is 4. The first kappa shape index (κ1) is 15.5. The zero-order valence-corrected chi connectivity index (χ0v) is 12.4. The van der Waals surface area contributed by atoms with E-state index < -0.39 is 17.4 Å². The molecule has 0 spiro atoms. The van der Waals surface area contributed by atoms with Crippen LogP contribution in [0.25, 0.3) is 0 Å². The smallest absolute Gasteiger partial charge is 0.190 e. The van der Waals surface area contributed by atoms with E-state index in [9.17, 15) is 9.90 Å². The summed E-state index contributed by atoms with van der Waals surface area (Å²) >= 11 is 0. The van der Waals surface area contributed by atoms with Crippen molar-refractivity contribution in [2.24, 2.45) is 23.3 Å². The molecule has 4 heteroatoms. The fourth-order valence-corrected chi connectivity index (χ4v) is 2.76. The summed E-state index contributed by atoms with van der Waals surface area (Å²) in [6.07, 6.45) is 3.81. The number of nitrogens with two attached hydrogens (primary N) is 2. The van der Waals surface area contributed by atoms with Crippen LogP contribution in [-0.4, -0.2) is 16.4 Å². The van der Waals surface area contributed by atoms with Crippen LogP contribution in [0.1, 0.15) is 25.5 Å². The summed E-state index contributed by atoms with van der Waals surface area (Å²) in [5, 5.41) is 10.4. The van der Waals surface area contributed by atoms with Crippen LogP contribution in [0.2, 0.25) is 0 Å². The highest BCUT2D eigenvalue weighted by Gasteiger charge is 2.44. The predicted molar refractivity (Wildman–Crippen MR) is 83.1 cm³/mol. The summed E-state index contributed by atoms with van der Waals surface area (Å²) < 4.78 is 0. The van der Waals surface area contributed by atoms with Gasteiger partial charge in [0.2, 0.25) is 0 Å². The lowest BCUT2D eigenvalue weighted by atomic mass is 9.70. The van der Waals surface area contributed by atoms with Crippen molar-refractivity contribution >= 4 is 5.78 Å². The highest BCUT2D eigenvalue weighted by atomic mass is 16.3. The fourth-order valence-electron chi connectivity index (χ4n) is 2.76. The van der Waals surface area contributed by atoms with E-state index in [0.29, 0.717) is 11.3 Å². The van der Waals surface area contributed by atoms with Crippen molar-refractivity contribution in [2.75, 3.05) is 0 Å². The minimum Gasteiger partial charge on any atom is -0.399 e. The second-order valence-corrected chi connectivity index (χ2v) is 5.88. The van der Waals surface area contributed by atoms with E-state index >= 15 is 0 Å². The van der Waals surface area contributed by atoms with E-state index in [1.54, 1.807) is 42.5 Å². The molecule has 0 saturated carbocycles. The monoisotopic (exact) mass is 286 g/mol. The van der Waals surface area contributed by atoms with E-state index in [-0.39, 0.29) is 11.8 Å². The third-order valence-electron chi connectivity index (χ3n) is 3.98. The highest BCUT2D eigenvalue weighted by molar-refractivity contribution is 5.95. The van der Waals surface area contributed by atoms with Crippen LogP contribution in [-0.2, 0) is 4.79 Å². The third kappa shape index (κ3) is 2.91. The van der Waals surface area contributed by atoms with Gasteiger partial charge in [-0.25, -0.2) is 0 Å². The molecule has 0 aromatic heterocycles. The number of hydrogen-bond acceptors (Lipinski definition) is 4. The maximum atomic E-state index is 12.7. The molecule has 0 fully saturated rings. The molecule has 112 valence electrons. The Labute approximate surface area is 125 Å². The molecule has 3 unspecified atom stereocenters. The third-order valence-corrected chi connectivity index (χ3v) is 3.98. The molecule has 0 amide bonds. The topological polar surface area (TPSA) is 89.3 Å². The number of allylic oxidation sites excluding steroid dienone is 1. The first-order valence-electron chi connectivity index (χ1n) is 7.09. The van der Waals surface area contributed by atoms with Gasteiger partial charge in [0.05, 0.1) is 0 Å². The van der Waals surface area contributed by atoms with Crippen LogP contribution in [0, 0.1) is 11.8 Å². The average Bonchev–Trinajstić information content (AvgIpc) is 2.49. The molecule has 2 rings (SSSR count). The van der Waals surface area contributed by atoms with Gasteiger partial charge in [-0.2, -0.15) is 0 Å². The number of ketones is 1. The molecule has 0 saturated heterocycles. The first-order valence-corrected chi connectivity index (χ1v) is 7.09. The van der Waals surface area contributed by atoms with Crippen molar-refractivity contribution in [3.05, 3.63) is 59.8 Å². The summed E-state index contributed by atoms with van der Waals surface area (Å²) in [5.74, 6) is -0.522. The van der Waals surface area contributed by atoms with E-state index in [0.717, 1.165) is 0 Å². The number of benzene rings is 1. The molecule has 21 heavy (non-hydrogen) atoms. The average molecular weight is 286 g/mol. The second kappa shape index (κ2) is 5.84. The first-order chi connectivity index (χ1) is 9.86. The number of aliphatic hydroxyl groups excluding tert-OH is 1. The van der Waals surface area contributed by atoms with Crippen molar-refractivity contribution in [3.63, 3.8) is 0 Å². The van der Waals surface area contributed by atoms with Gasteiger partial charge in [-0.1, -0.05) is 56.3 Å². The fraction of sp³-hybridized carbons (Fsp3) is 0.353. The Hall–Kier alpha value is -1.91. The molecule has 1 aliphatic carbocycles. The quantitative estimate of drug-likeness (QED) is 0.785. The lowest BCUT2D eigenvalue weighted by Crippen LogP contribution is -2.56. The van der Waals surface area contributed by atoms with E-state index in [1.165, 1.54) is 0 Å². The van der Waals surface area contributed by atoms with E-state index in [2.05, 4.69) is 0 Å². The Bertz CT molecular complexity index is 578. The summed E-state index contributed by atoms with van der Waals surface area (Å²) in [5.41, 5.74) is 12.1. The zero-order chi connectivity index (χ0) is 15.6. The second-order valence-electron chi connectivity index (χ2n) is 5.88. The van der Waals surface area contributed by atoms with Gasteiger partial charge in [0.1, 0.15) is 11.6 Å². The van der Waals surface area contributed by atoms with Gasteiger partial charge >= 0.3 is 0 Å². The maximum absolute atomic E-state index is 12.7. The lowest BCUT2D eigenvalue weighted by Gasteiger charge is -2.38. The van der Waals surface area contributed by atoms with Crippen LogP contribution in [0.3, 0.4) is 0 Å². The molecule has 4 nitrogen and oxygen atoms in total. The molecule has 5 N–H and O–H groups in total. The zero-order valence-electron chi connectivity index (χ0n) is 12.4. The molecular formula is C17H22N2O2. The largest absolute Gasteiger partial charge is 0.399 e. The van der Waals surface area contributed by atoms with Crippen LogP contribution < -0.4 is 11.5 Å². The lowest BCUT2D eigenvalue weighted by molar-refractivity contribution is -0.133. The van der Waals surface area contributed by atoms with Crippen LogP contribution >= 0.6 is 0 Å². The number of carbonyl (C=O) groups excluding carboxylic acids is 1. The van der Waals surface area contributed by atoms with E-state index in [1.807, 2.05) is 19.9 Å². The van der Waals surface area contributed by atoms with Crippen molar-refractivity contribution in [3.8, 4) is 0 Å². The van der Waals surface area contributed by atoms with Crippen LogP contribution in [0.4, 0.5) is 0 Å². The summed E-state index contributed by atoms with van der Waals surface area (Å²) in [4.78, 5) is 12.7. The Kier molecular flexibility index (Phi) is 4.30. The molecule has 0 aliphatic heterocycles. The summed E-state index contributed by atoms with van der Waals surface area (Å²) in [6, 6.07) is 8.83. The molecule has 1 aliphatic rings. The normalized spacial score (nSPS) is 26.5. The van der Waals surface area contributed by atoms with Crippen molar-refractivity contribution < 1.29 is 9.90 Å². The maximum Gasteiger partial charge on any atom is 0.190 e. The summed E-state index contributed by atoms with van der Waals surface area (Å²) in [6.45, 7) is 3.97. The number of aliphatic hydroxyl groups is 1. The van der Waals surface area contributed by atoms with Crippen LogP contribution in [0.15, 0.2) is 54.3 Å². The minimum absolute atomic E-state index is 0.130. The van der Waals surface area contributed by atoms with Gasteiger partial charge in [-0.3, -0.25) is 4.79 Å². The van der Waals surface area contributed by atoms with Gasteiger partial charge in [0.15, 0.2) is 5.78 Å². The van der Waals surface area contributed by atoms with Crippen LogP contribution in [0.5, 0.6) is 0 Å². The van der Waals surface area contributed by atoms with E-state index in [4.69, 9.17) is 11.5 Å². The molecule has 0 bridgehead atoms. The number of Topliss-reactive ketones (excluding diaryl/α,β-unsaturated/α-hetero) is 1. The van der Waals surface area contributed by atoms with Crippen molar-refractivity contribution in [2.45, 2.75) is 25.5 Å². The van der Waals surface area contributed by atoms with Gasteiger partial charge in [-0.15, -0.1) is 0 Å². The molecule has 1 aromatic rings. The SMILES string of the molecule is CC(C)C1C=C(N)C=CC1(N)C(=O)C(O)c1ccccc1. The highest BCUT2D eigenvalue weighted by Crippen LogP contribution is 2.34. The Morgan fingerprint density at radius 2 is 1.90 bits per heavy atom. The number of carbonyl (C=O) groups is 1. The predicted octanol–water partition coefficient (Wildman–Crippen LogP) is 1.67. The molecular weight excluding hydrogens is 264 g/mol. The van der Waals surface area contributed by atoms with Gasteiger partial charge in [0, 0.05) is 11.6 Å². The minimum atomic E-state index is -1.24. The standard InChI is InChI=1S/C17H22N2O2/c1-11(2)14-10-13(18)8-9-17(14,19)16(21)15(20)12-6-4-3-5-7-12/h3-11,14-15,20H,18-19H2,1-2H3. The molecule has 0 heterocycles. The Morgan fingerprint density at radius 1 is 1.29 bits per heavy atom. The van der Waals surface area contributed by atoms with Gasteiger partial charge < -0.3 is 16.6 Å². The molecule has 0 radical (unpaired) electrons. The Balaban J connectivity index is 2.34.